The van der Waals surface area contributed by atoms with Crippen LogP contribution in [0.15, 0.2) is 18.2 Å². The van der Waals surface area contributed by atoms with Crippen LogP contribution in [0.25, 0.3) is 0 Å². The monoisotopic (exact) mass is 265 g/mol. The Labute approximate surface area is 99.5 Å². The Hall–Kier alpha value is -1.43. The standard InChI is InChI=1S/C10H7ClF3NO2/c11-7-3-5(8-4-15-9(16)17-8)1-2-6(7)10(12,13)14/h1-3,8H,4H2,(H,15,16). The zero-order valence-corrected chi connectivity index (χ0v) is 9.10. The summed E-state index contributed by atoms with van der Waals surface area (Å²) in [5.41, 5.74) is -0.471. The lowest BCUT2D eigenvalue weighted by atomic mass is 10.1. The largest absolute Gasteiger partial charge is 0.439 e. The summed E-state index contributed by atoms with van der Waals surface area (Å²) in [5, 5.41) is 2.00. The first-order chi connectivity index (χ1) is 7.88. The van der Waals surface area contributed by atoms with E-state index in [1.54, 1.807) is 0 Å². The fraction of sp³-hybridized carbons (Fsp3) is 0.300. The van der Waals surface area contributed by atoms with Gasteiger partial charge in [0.1, 0.15) is 6.10 Å². The van der Waals surface area contributed by atoms with Crippen LogP contribution in [0.4, 0.5) is 18.0 Å². The van der Waals surface area contributed by atoms with Gasteiger partial charge in [0, 0.05) is 0 Å². The van der Waals surface area contributed by atoms with Crippen molar-refractivity contribution in [1.82, 2.24) is 5.32 Å². The molecule has 1 N–H and O–H groups in total. The lowest BCUT2D eigenvalue weighted by Crippen LogP contribution is -2.12. The Kier molecular flexibility index (Phi) is 2.91. The van der Waals surface area contributed by atoms with Crippen molar-refractivity contribution in [3.8, 4) is 0 Å². The van der Waals surface area contributed by atoms with Crippen LogP contribution < -0.4 is 5.32 Å². The van der Waals surface area contributed by atoms with E-state index in [0.29, 0.717) is 5.56 Å². The van der Waals surface area contributed by atoms with E-state index >= 15 is 0 Å². The van der Waals surface area contributed by atoms with Crippen molar-refractivity contribution in [1.29, 1.82) is 0 Å². The number of hydrogen-bond donors (Lipinski definition) is 1. The average Bonchev–Trinajstić information content (AvgIpc) is 2.62. The molecule has 1 amide bonds. The lowest BCUT2D eigenvalue weighted by Gasteiger charge is -2.12. The summed E-state index contributed by atoms with van der Waals surface area (Å²) in [6.07, 6.45) is -5.67. The van der Waals surface area contributed by atoms with Crippen LogP contribution in [0.5, 0.6) is 0 Å². The van der Waals surface area contributed by atoms with Crippen LogP contribution in [0, 0.1) is 0 Å². The van der Waals surface area contributed by atoms with Gasteiger partial charge in [0.05, 0.1) is 17.1 Å². The van der Waals surface area contributed by atoms with Gasteiger partial charge in [-0.05, 0) is 17.7 Å². The number of halogens is 4. The molecule has 1 saturated heterocycles. The maximum Gasteiger partial charge on any atom is 0.417 e. The maximum absolute atomic E-state index is 12.4. The molecule has 0 spiro atoms. The molecule has 0 radical (unpaired) electrons. The van der Waals surface area contributed by atoms with Crippen molar-refractivity contribution in [2.45, 2.75) is 12.3 Å². The second kappa shape index (κ2) is 4.10. The molecule has 1 heterocycles. The van der Waals surface area contributed by atoms with E-state index in [9.17, 15) is 18.0 Å². The minimum atomic E-state index is -4.49. The van der Waals surface area contributed by atoms with E-state index in [2.05, 4.69) is 5.32 Å². The van der Waals surface area contributed by atoms with Gasteiger partial charge in [-0.25, -0.2) is 4.79 Å². The highest BCUT2D eigenvalue weighted by molar-refractivity contribution is 6.31. The number of alkyl carbamates (subject to hydrolysis) is 1. The van der Waals surface area contributed by atoms with Crippen molar-refractivity contribution < 1.29 is 22.7 Å². The number of rotatable bonds is 1. The summed E-state index contributed by atoms with van der Waals surface area (Å²) >= 11 is 5.55. The number of ether oxygens (including phenoxy) is 1. The Morgan fingerprint density at radius 2 is 2.12 bits per heavy atom. The summed E-state index contributed by atoms with van der Waals surface area (Å²) in [6.45, 7) is 0.223. The first-order valence-corrected chi connectivity index (χ1v) is 5.07. The van der Waals surface area contributed by atoms with Crippen LogP contribution in [-0.2, 0) is 10.9 Å². The fourth-order valence-corrected chi connectivity index (χ4v) is 1.83. The molecule has 1 aliphatic rings. The quantitative estimate of drug-likeness (QED) is 0.847. The summed E-state index contributed by atoms with van der Waals surface area (Å²) in [7, 11) is 0. The van der Waals surface area contributed by atoms with Gasteiger partial charge >= 0.3 is 12.3 Å². The number of carbonyl (C=O) groups is 1. The molecule has 1 aromatic carbocycles. The molecule has 17 heavy (non-hydrogen) atoms. The first kappa shape index (κ1) is 12.0. The van der Waals surface area contributed by atoms with Crippen molar-refractivity contribution in [3.63, 3.8) is 0 Å². The molecule has 1 unspecified atom stereocenters. The Balaban J connectivity index is 2.28. The van der Waals surface area contributed by atoms with Gasteiger partial charge in [-0.3, -0.25) is 0 Å². The smallest absolute Gasteiger partial charge is 0.417 e. The molecule has 7 heteroatoms. The topological polar surface area (TPSA) is 38.3 Å². The predicted octanol–water partition coefficient (Wildman–Crippen LogP) is 3.14. The molecule has 3 nitrogen and oxygen atoms in total. The second-order valence-electron chi connectivity index (χ2n) is 3.51. The molecule has 1 atom stereocenters. The number of amides is 1. The van der Waals surface area contributed by atoms with E-state index < -0.39 is 29.0 Å². The van der Waals surface area contributed by atoms with Crippen LogP contribution in [0.2, 0.25) is 5.02 Å². The van der Waals surface area contributed by atoms with E-state index in [-0.39, 0.29) is 6.54 Å². The molecular formula is C10H7ClF3NO2. The predicted molar refractivity (Wildman–Crippen MR) is 53.7 cm³/mol. The van der Waals surface area contributed by atoms with Crippen molar-refractivity contribution in [2.24, 2.45) is 0 Å². The van der Waals surface area contributed by atoms with Crippen LogP contribution in [0.3, 0.4) is 0 Å². The molecule has 1 aliphatic heterocycles. The number of benzene rings is 1. The molecule has 92 valence electrons. The summed E-state index contributed by atoms with van der Waals surface area (Å²) in [6, 6.07) is 3.29. The third kappa shape index (κ3) is 2.46. The Bertz CT molecular complexity index is 461. The van der Waals surface area contributed by atoms with E-state index in [4.69, 9.17) is 16.3 Å². The second-order valence-corrected chi connectivity index (χ2v) is 3.92. The maximum atomic E-state index is 12.4. The molecule has 0 saturated carbocycles. The SMILES string of the molecule is O=C1NCC(c2ccc(C(F)(F)F)c(Cl)c2)O1. The van der Waals surface area contributed by atoms with Crippen molar-refractivity contribution >= 4 is 17.7 Å². The molecule has 1 aromatic rings. The number of nitrogens with one attached hydrogen (secondary N) is 1. The molecule has 1 fully saturated rings. The van der Waals surface area contributed by atoms with Gasteiger partial charge in [-0.15, -0.1) is 0 Å². The highest BCUT2D eigenvalue weighted by Gasteiger charge is 2.34. The summed E-state index contributed by atoms with van der Waals surface area (Å²) < 4.78 is 42.2. The number of carbonyl (C=O) groups excluding carboxylic acids is 1. The molecule has 0 aliphatic carbocycles. The Morgan fingerprint density at radius 3 is 2.59 bits per heavy atom. The normalized spacial score (nSPS) is 20.0. The van der Waals surface area contributed by atoms with Crippen LogP contribution >= 0.6 is 11.6 Å². The Morgan fingerprint density at radius 1 is 1.41 bits per heavy atom. The highest BCUT2D eigenvalue weighted by atomic mass is 35.5. The van der Waals surface area contributed by atoms with Gasteiger partial charge < -0.3 is 10.1 Å². The van der Waals surface area contributed by atoms with Gasteiger partial charge in [0.15, 0.2) is 0 Å². The highest BCUT2D eigenvalue weighted by Crippen LogP contribution is 2.36. The van der Waals surface area contributed by atoms with Gasteiger partial charge in [0.25, 0.3) is 0 Å². The minimum absolute atomic E-state index is 0.223. The zero-order valence-electron chi connectivity index (χ0n) is 8.34. The van der Waals surface area contributed by atoms with E-state index in [1.807, 2.05) is 0 Å². The van der Waals surface area contributed by atoms with Gasteiger partial charge in [-0.2, -0.15) is 13.2 Å². The van der Waals surface area contributed by atoms with Gasteiger partial charge in [0.2, 0.25) is 0 Å². The van der Waals surface area contributed by atoms with Gasteiger partial charge in [-0.1, -0.05) is 17.7 Å². The third-order valence-electron chi connectivity index (χ3n) is 2.35. The van der Waals surface area contributed by atoms with Crippen LogP contribution in [0.1, 0.15) is 17.2 Å². The van der Waals surface area contributed by atoms with Crippen molar-refractivity contribution in [3.05, 3.63) is 34.3 Å². The number of hydrogen-bond acceptors (Lipinski definition) is 2. The average molecular weight is 266 g/mol. The first-order valence-electron chi connectivity index (χ1n) is 4.69. The summed E-state index contributed by atoms with van der Waals surface area (Å²) in [5.74, 6) is 0. The minimum Gasteiger partial charge on any atom is -0.439 e. The lowest BCUT2D eigenvalue weighted by molar-refractivity contribution is -0.137. The van der Waals surface area contributed by atoms with Crippen molar-refractivity contribution in [2.75, 3.05) is 6.54 Å². The van der Waals surface area contributed by atoms with Crippen LogP contribution in [-0.4, -0.2) is 12.6 Å². The molecule has 0 bridgehead atoms. The zero-order chi connectivity index (χ0) is 12.6. The molecule has 0 aromatic heterocycles. The van der Waals surface area contributed by atoms with E-state index in [0.717, 1.165) is 12.1 Å². The van der Waals surface area contributed by atoms with E-state index in [1.165, 1.54) is 6.07 Å². The number of cyclic esters (lactones) is 1. The fourth-order valence-electron chi connectivity index (χ4n) is 1.54. The number of alkyl halides is 3. The summed E-state index contributed by atoms with van der Waals surface area (Å²) in [4.78, 5) is 10.8. The third-order valence-corrected chi connectivity index (χ3v) is 2.66. The molecular weight excluding hydrogens is 259 g/mol. The molecule has 2 rings (SSSR count).